The van der Waals surface area contributed by atoms with Gasteiger partial charge in [-0.2, -0.15) is 0 Å². The number of likely N-dealkylation sites (tertiary alicyclic amines) is 1. The quantitative estimate of drug-likeness (QED) is 0.924. The molecule has 1 N–H and O–H groups in total. The number of carbonyl (C=O) groups is 1. The molecule has 0 unspecified atom stereocenters. The van der Waals surface area contributed by atoms with E-state index in [4.69, 9.17) is 16.1 Å². The van der Waals surface area contributed by atoms with E-state index in [0.717, 1.165) is 50.9 Å². The molecule has 3 rings (SSSR count). The first-order chi connectivity index (χ1) is 10.7. The van der Waals surface area contributed by atoms with E-state index in [9.17, 15) is 4.79 Å². The lowest BCUT2D eigenvalue weighted by Crippen LogP contribution is -2.42. The van der Waals surface area contributed by atoms with Gasteiger partial charge in [-0.25, -0.2) is 0 Å². The van der Waals surface area contributed by atoms with E-state index < -0.39 is 0 Å². The molecule has 1 aromatic rings. The summed E-state index contributed by atoms with van der Waals surface area (Å²) in [4.78, 5) is 14.3. The molecule has 0 aliphatic carbocycles. The molecule has 0 spiro atoms. The Morgan fingerprint density at radius 3 is 2.59 bits per heavy atom. The van der Waals surface area contributed by atoms with Gasteiger partial charge in [0.25, 0.3) is 0 Å². The minimum Gasteiger partial charge on any atom is -0.360 e. The minimum atomic E-state index is 0.219. The van der Waals surface area contributed by atoms with Crippen molar-refractivity contribution in [3.8, 4) is 0 Å². The molecule has 22 heavy (non-hydrogen) atoms. The fourth-order valence-electron chi connectivity index (χ4n) is 3.73. The normalized spacial score (nSPS) is 21.2. The van der Waals surface area contributed by atoms with E-state index in [0.29, 0.717) is 23.8 Å². The van der Waals surface area contributed by atoms with Crippen LogP contribution in [0.25, 0.3) is 0 Å². The first-order valence-corrected chi connectivity index (χ1v) is 8.70. The highest BCUT2D eigenvalue weighted by molar-refractivity contribution is 6.29. The predicted molar refractivity (Wildman–Crippen MR) is 84.7 cm³/mol. The Hall–Kier alpha value is -1.07. The van der Waals surface area contributed by atoms with Crippen molar-refractivity contribution in [1.82, 2.24) is 15.4 Å². The molecule has 2 fully saturated rings. The fourth-order valence-corrected chi connectivity index (χ4v) is 3.89. The third kappa shape index (κ3) is 4.02. The van der Waals surface area contributed by atoms with Crippen LogP contribution < -0.4 is 5.32 Å². The van der Waals surface area contributed by atoms with Crippen LogP contribution in [0.4, 0.5) is 0 Å². The SMILES string of the molecule is O=C(CCc1cc(Cl)no1)N1CCC(C2CCNCC2)CC1. The number of nitrogens with zero attached hydrogens (tertiary/aromatic N) is 2. The molecule has 0 radical (unpaired) electrons. The number of hydrogen-bond donors (Lipinski definition) is 1. The van der Waals surface area contributed by atoms with Gasteiger partial charge in [0.1, 0.15) is 5.76 Å². The lowest BCUT2D eigenvalue weighted by atomic mass is 9.79. The molecule has 5 nitrogen and oxygen atoms in total. The minimum absolute atomic E-state index is 0.219. The molecule has 0 saturated carbocycles. The number of nitrogens with one attached hydrogen (secondary N) is 1. The van der Waals surface area contributed by atoms with Crippen LogP contribution in [0.15, 0.2) is 10.6 Å². The van der Waals surface area contributed by atoms with Gasteiger partial charge in [0.2, 0.25) is 5.91 Å². The van der Waals surface area contributed by atoms with Crippen molar-refractivity contribution < 1.29 is 9.32 Å². The molecule has 1 aromatic heterocycles. The highest BCUT2D eigenvalue weighted by Crippen LogP contribution is 2.31. The topological polar surface area (TPSA) is 58.4 Å². The van der Waals surface area contributed by atoms with E-state index in [1.807, 2.05) is 4.90 Å². The van der Waals surface area contributed by atoms with E-state index in [-0.39, 0.29) is 5.91 Å². The Bertz CT molecular complexity index is 491. The van der Waals surface area contributed by atoms with Crippen molar-refractivity contribution in [2.24, 2.45) is 11.8 Å². The molecular weight excluding hydrogens is 302 g/mol. The molecule has 2 aliphatic rings. The van der Waals surface area contributed by atoms with Gasteiger partial charge in [0.05, 0.1) is 0 Å². The van der Waals surface area contributed by atoms with Crippen LogP contribution in [0.2, 0.25) is 5.15 Å². The summed E-state index contributed by atoms with van der Waals surface area (Å²) in [6.07, 6.45) is 5.96. The van der Waals surface area contributed by atoms with E-state index in [1.54, 1.807) is 6.07 Å². The van der Waals surface area contributed by atoms with Crippen molar-refractivity contribution in [2.45, 2.75) is 38.5 Å². The standard InChI is InChI=1S/C16H24ClN3O2/c17-15-11-14(22-19-15)1-2-16(21)20-9-5-13(6-10-20)12-3-7-18-8-4-12/h11-13,18H,1-10H2. The van der Waals surface area contributed by atoms with Gasteiger partial charge in [-0.1, -0.05) is 16.8 Å². The van der Waals surface area contributed by atoms with Gasteiger partial charge >= 0.3 is 0 Å². The molecular formula is C16H24ClN3O2. The smallest absolute Gasteiger partial charge is 0.223 e. The van der Waals surface area contributed by atoms with Gasteiger partial charge in [-0.05, 0) is 50.6 Å². The highest BCUT2D eigenvalue weighted by Gasteiger charge is 2.29. The van der Waals surface area contributed by atoms with Gasteiger partial charge in [0.15, 0.2) is 5.15 Å². The Balaban J connectivity index is 1.41. The number of piperidine rings is 2. The molecule has 2 saturated heterocycles. The molecule has 6 heteroatoms. The van der Waals surface area contributed by atoms with Crippen molar-refractivity contribution >= 4 is 17.5 Å². The number of hydrogen-bond acceptors (Lipinski definition) is 4. The zero-order valence-corrected chi connectivity index (χ0v) is 13.6. The molecule has 1 amide bonds. The van der Waals surface area contributed by atoms with Crippen LogP contribution in [0.5, 0.6) is 0 Å². The Morgan fingerprint density at radius 1 is 1.27 bits per heavy atom. The first kappa shape index (κ1) is 15.8. The van der Waals surface area contributed by atoms with Crippen LogP contribution in [0, 0.1) is 11.8 Å². The second kappa shape index (κ2) is 7.47. The molecule has 0 bridgehead atoms. The van der Waals surface area contributed by atoms with Crippen LogP contribution >= 0.6 is 11.6 Å². The number of aromatic nitrogens is 1. The van der Waals surface area contributed by atoms with Crippen LogP contribution in [-0.2, 0) is 11.2 Å². The summed E-state index contributed by atoms with van der Waals surface area (Å²) in [5.74, 6) is 2.56. The molecule has 2 aliphatic heterocycles. The number of rotatable bonds is 4. The van der Waals surface area contributed by atoms with Gasteiger partial charge in [0, 0.05) is 32.0 Å². The first-order valence-electron chi connectivity index (χ1n) is 8.32. The molecule has 0 aromatic carbocycles. The van der Waals surface area contributed by atoms with Gasteiger partial charge in [-0.3, -0.25) is 4.79 Å². The zero-order chi connectivity index (χ0) is 15.4. The van der Waals surface area contributed by atoms with Crippen LogP contribution in [-0.4, -0.2) is 42.1 Å². The summed E-state index contributed by atoms with van der Waals surface area (Å²) in [5.41, 5.74) is 0. The van der Waals surface area contributed by atoms with Gasteiger partial charge in [-0.15, -0.1) is 0 Å². The average Bonchev–Trinajstić information content (AvgIpc) is 2.99. The highest BCUT2D eigenvalue weighted by atomic mass is 35.5. The predicted octanol–water partition coefficient (Wildman–Crippen LogP) is 2.50. The number of aryl methyl sites for hydroxylation is 1. The molecule has 3 heterocycles. The maximum absolute atomic E-state index is 12.3. The summed E-state index contributed by atoms with van der Waals surface area (Å²) < 4.78 is 5.04. The van der Waals surface area contributed by atoms with Crippen molar-refractivity contribution in [3.05, 3.63) is 17.0 Å². The Morgan fingerprint density at radius 2 is 1.95 bits per heavy atom. The fraction of sp³-hybridized carbons (Fsp3) is 0.750. The third-order valence-electron chi connectivity index (χ3n) is 5.06. The zero-order valence-electron chi connectivity index (χ0n) is 12.9. The maximum atomic E-state index is 12.3. The van der Waals surface area contributed by atoms with Crippen LogP contribution in [0.3, 0.4) is 0 Å². The Labute approximate surface area is 136 Å². The third-order valence-corrected chi connectivity index (χ3v) is 5.24. The van der Waals surface area contributed by atoms with Crippen molar-refractivity contribution in [1.29, 1.82) is 0 Å². The second-order valence-corrected chi connectivity index (χ2v) is 6.81. The summed E-state index contributed by atoms with van der Waals surface area (Å²) in [6, 6.07) is 1.68. The maximum Gasteiger partial charge on any atom is 0.223 e. The number of carbonyl (C=O) groups excluding carboxylic acids is 1. The summed E-state index contributed by atoms with van der Waals surface area (Å²) in [6.45, 7) is 4.13. The van der Waals surface area contributed by atoms with Gasteiger partial charge < -0.3 is 14.7 Å². The number of amides is 1. The largest absolute Gasteiger partial charge is 0.360 e. The monoisotopic (exact) mass is 325 g/mol. The van der Waals surface area contributed by atoms with E-state index in [2.05, 4.69) is 10.5 Å². The lowest BCUT2D eigenvalue weighted by molar-refractivity contribution is -0.132. The lowest BCUT2D eigenvalue weighted by Gasteiger charge is -2.37. The summed E-state index contributed by atoms with van der Waals surface area (Å²) in [5, 5.41) is 7.41. The van der Waals surface area contributed by atoms with E-state index >= 15 is 0 Å². The van der Waals surface area contributed by atoms with Crippen molar-refractivity contribution in [3.63, 3.8) is 0 Å². The Kier molecular flexibility index (Phi) is 5.37. The number of halogens is 1. The summed E-state index contributed by atoms with van der Waals surface area (Å²) in [7, 11) is 0. The average molecular weight is 326 g/mol. The van der Waals surface area contributed by atoms with Crippen molar-refractivity contribution in [2.75, 3.05) is 26.2 Å². The summed E-state index contributed by atoms with van der Waals surface area (Å²) >= 11 is 5.71. The molecule has 0 atom stereocenters. The van der Waals surface area contributed by atoms with E-state index in [1.165, 1.54) is 12.8 Å². The second-order valence-electron chi connectivity index (χ2n) is 6.42. The van der Waals surface area contributed by atoms with Crippen LogP contribution in [0.1, 0.15) is 37.9 Å². The molecule has 122 valence electrons.